The molecule has 3 nitrogen and oxygen atoms in total. The highest BCUT2D eigenvalue weighted by atomic mass is 16.2. The number of carbonyl (C=O) groups excluding carboxylic acids is 1. The Morgan fingerprint density at radius 1 is 1.10 bits per heavy atom. The third-order valence-corrected chi connectivity index (χ3v) is 6.49. The van der Waals surface area contributed by atoms with E-state index in [9.17, 15) is 4.79 Å². The molecule has 0 aromatic carbocycles. The smallest absolute Gasteiger partial charge is 0.222 e. The van der Waals surface area contributed by atoms with Gasteiger partial charge in [0.15, 0.2) is 0 Å². The highest BCUT2D eigenvalue weighted by Gasteiger charge is 2.51. The van der Waals surface area contributed by atoms with Crippen LogP contribution in [0.5, 0.6) is 0 Å². The monoisotopic (exact) mass is 276 g/mol. The number of nitrogens with one attached hydrogen (secondary N) is 1. The third kappa shape index (κ3) is 2.28. The van der Waals surface area contributed by atoms with Crippen molar-refractivity contribution in [1.29, 1.82) is 0 Å². The zero-order valence-electron chi connectivity index (χ0n) is 12.7. The second-order valence-electron chi connectivity index (χ2n) is 8.40. The lowest BCUT2D eigenvalue weighted by atomic mass is 9.49. The first-order valence-electron chi connectivity index (χ1n) is 8.57. The van der Waals surface area contributed by atoms with Gasteiger partial charge in [0.1, 0.15) is 0 Å². The molecule has 0 unspecified atom stereocenters. The Bertz CT molecular complexity index is 367. The van der Waals surface area contributed by atoms with Crippen molar-refractivity contribution in [3.63, 3.8) is 0 Å². The van der Waals surface area contributed by atoms with Crippen molar-refractivity contribution in [2.24, 2.45) is 29.1 Å². The van der Waals surface area contributed by atoms with Crippen LogP contribution in [0.2, 0.25) is 0 Å². The quantitative estimate of drug-likeness (QED) is 0.854. The first-order chi connectivity index (χ1) is 9.62. The summed E-state index contributed by atoms with van der Waals surface area (Å²) >= 11 is 0. The number of nitrogens with zero attached hydrogens (tertiary/aromatic N) is 1. The molecule has 0 radical (unpaired) electrons. The molecule has 5 rings (SSSR count). The molecule has 1 amide bonds. The average Bonchev–Trinajstić information content (AvgIpc) is 2.31. The summed E-state index contributed by atoms with van der Waals surface area (Å²) < 4.78 is 0. The van der Waals surface area contributed by atoms with E-state index < -0.39 is 0 Å². The lowest BCUT2D eigenvalue weighted by Crippen LogP contribution is -2.52. The molecule has 4 saturated carbocycles. The van der Waals surface area contributed by atoms with Gasteiger partial charge in [-0.3, -0.25) is 4.79 Å². The van der Waals surface area contributed by atoms with Gasteiger partial charge < -0.3 is 10.2 Å². The van der Waals surface area contributed by atoms with E-state index in [1.165, 1.54) is 38.5 Å². The third-order valence-electron chi connectivity index (χ3n) is 6.49. The molecule has 5 aliphatic rings. The molecule has 4 bridgehead atoms. The first-order valence-corrected chi connectivity index (χ1v) is 8.57. The van der Waals surface area contributed by atoms with Gasteiger partial charge in [-0.15, -0.1) is 0 Å². The van der Waals surface area contributed by atoms with Crippen LogP contribution in [0.25, 0.3) is 0 Å². The molecule has 0 spiro atoms. The maximum atomic E-state index is 12.4. The van der Waals surface area contributed by atoms with Crippen LogP contribution in [0.1, 0.15) is 44.9 Å². The van der Waals surface area contributed by atoms with Gasteiger partial charge in [-0.1, -0.05) is 0 Å². The van der Waals surface area contributed by atoms with E-state index in [1.54, 1.807) is 0 Å². The van der Waals surface area contributed by atoms with Crippen LogP contribution < -0.4 is 5.32 Å². The minimum atomic E-state index is 0.382. The first kappa shape index (κ1) is 13.1. The van der Waals surface area contributed by atoms with E-state index in [1.807, 2.05) is 7.05 Å². The van der Waals surface area contributed by atoms with Crippen LogP contribution in [-0.4, -0.2) is 37.5 Å². The zero-order valence-corrected chi connectivity index (χ0v) is 12.7. The summed E-state index contributed by atoms with van der Waals surface area (Å²) in [6.07, 6.45) is 9.45. The molecule has 0 atom stereocenters. The Labute approximate surface area is 122 Å². The molecule has 5 fully saturated rings. The van der Waals surface area contributed by atoms with E-state index in [0.717, 1.165) is 43.8 Å². The summed E-state index contributed by atoms with van der Waals surface area (Å²) in [5, 5.41) is 3.26. The molecule has 4 aliphatic carbocycles. The van der Waals surface area contributed by atoms with Gasteiger partial charge in [-0.05, 0) is 80.7 Å². The maximum Gasteiger partial charge on any atom is 0.222 e. The fourth-order valence-electron chi connectivity index (χ4n) is 5.97. The van der Waals surface area contributed by atoms with Crippen LogP contribution in [0, 0.1) is 29.1 Å². The van der Waals surface area contributed by atoms with Crippen LogP contribution in [0.15, 0.2) is 0 Å². The van der Waals surface area contributed by atoms with Crippen molar-refractivity contribution >= 4 is 5.91 Å². The summed E-state index contributed by atoms with van der Waals surface area (Å²) in [4.78, 5) is 14.4. The Kier molecular flexibility index (Phi) is 3.10. The van der Waals surface area contributed by atoms with Crippen LogP contribution in [0.4, 0.5) is 0 Å². The molecule has 1 N–H and O–H groups in total. The SMILES string of the molecule is CN(CC12CC3CC(CC(C3)C1)C2)C(=O)CC1CNC1. The molecule has 3 heteroatoms. The highest BCUT2D eigenvalue weighted by molar-refractivity contribution is 5.76. The Morgan fingerprint density at radius 3 is 2.10 bits per heavy atom. The lowest BCUT2D eigenvalue weighted by Gasteiger charge is -2.57. The minimum Gasteiger partial charge on any atom is -0.345 e. The largest absolute Gasteiger partial charge is 0.345 e. The zero-order chi connectivity index (χ0) is 13.7. The molecule has 1 saturated heterocycles. The van der Waals surface area contributed by atoms with E-state index in [-0.39, 0.29) is 0 Å². The fraction of sp³-hybridized carbons (Fsp3) is 0.941. The summed E-state index contributed by atoms with van der Waals surface area (Å²) in [6.45, 7) is 3.11. The van der Waals surface area contributed by atoms with Gasteiger partial charge in [0.2, 0.25) is 5.91 Å². The van der Waals surface area contributed by atoms with Crippen molar-refractivity contribution in [3.8, 4) is 0 Å². The predicted octanol–water partition coefficient (Wildman–Crippen LogP) is 2.27. The second kappa shape index (κ2) is 4.72. The summed E-state index contributed by atoms with van der Waals surface area (Å²) in [5.41, 5.74) is 0.497. The number of hydrogen-bond donors (Lipinski definition) is 1. The minimum absolute atomic E-state index is 0.382. The molecule has 1 heterocycles. The Balaban J connectivity index is 1.39. The number of rotatable bonds is 4. The molecule has 0 aromatic heterocycles. The highest BCUT2D eigenvalue weighted by Crippen LogP contribution is 2.60. The summed E-state index contributed by atoms with van der Waals surface area (Å²) in [6, 6.07) is 0. The van der Waals surface area contributed by atoms with Crippen molar-refractivity contribution in [3.05, 3.63) is 0 Å². The summed E-state index contributed by atoms with van der Waals surface area (Å²) in [5.74, 6) is 3.94. The van der Waals surface area contributed by atoms with E-state index in [2.05, 4.69) is 10.2 Å². The molecule has 112 valence electrons. The second-order valence-corrected chi connectivity index (χ2v) is 8.40. The van der Waals surface area contributed by atoms with Gasteiger partial charge in [0.05, 0.1) is 0 Å². The number of amides is 1. The van der Waals surface area contributed by atoms with Crippen LogP contribution >= 0.6 is 0 Å². The van der Waals surface area contributed by atoms with E-state index in [4.69, 9.17) is 0 Å². The van der Waals surface area contributed by atoms with Gasteiger partial charge in [0, 0.05) is 20.0 Å². The standard InChI is InChI=1S/C17H28N2O/c1-19(16(20)5-15-9-18-10-15)11-17-6-12-2-13(7-17)4-14(3-12)8-17/h12-15,18H,2-11H2,1H3. The van der Waals surface area contributed by atoms with Crippen molar-refractivity contribution in [2.45, 2.75) is 44.9 Å². The molecule has 20 heavy (non-hydrogen) atoms. The van der Waals surface area contributed by atoms with Gasteiger partial charge >= 0.3 is 0 Å². The number of hydrogen-bond acceptors (Lipinski definition) is 2. The molecular weight excluding hydrogens is 248 g/mol. The topological polar surface area (TPSA) is 32.3 Å². The normalized spacial score (nSPS) is 42.5. The van der Waals surface area contributed by atoms with Crippen molar-refractivity contribution in [2.75, 3.05) is 26.7 Å². The van der Waals surface area contributed by atoms with E-state index in [0.29, 0.717) is 17.2 Å². The Hall–Kier alpha value is -0.570. The summed E-state index contributed by atoms with van der Waals surface area (Å²) in [7, 11) is 2.05. The van der Waals surface area contributed by atoms with Crippen molar-refractivity contribution in [1.82, 2.24) is 10.2 Å². The molecule has 1 aliphatic heterocycles. The lowest BCUT2D eigenvalue weighted by molar-refractivity contribution is -0.136. The van der Waals surface area contributed by atoms with Gasteiger partial charge in [-0.2, -0.15) is 0 Å². The average molecular weight is 276 g/mol. The maximum absolute atomic E-state index is 12.4. The molecular formula is C17H28N2O. The number of carbonyl (C=O) groups is 1. The predicted molar refractivity (Wildman–Crippen MR) is 79.2 cm³/mol. The molecule has 0 aromatic rings. The Morgan fingerprint density at radius 2 is 1.65 bits per heavy atom. The fourth-order valence-corrected chi connectivity index (χ4v) is 5.97. The van der Waals surface area contributed by atoms with Gasteiger partial charge in [0.25, 0.3) is 0 Å². The van der Waals surface area contributed by atoms with Gasteiger partial charge in [-0.25, -0.2) is 0 Å². The van der Waals surface area contributed by atoms with Crippen LogP contribution in [0.3, 0.4) is 0 Å². The van der Waals surface area contributed by atoms with E-state index >= 15 is 0 Å². The van der Waals surface area contributed by atoms with Crippen LogP contribution in [-0.2, 0) is 4.79 Å². The van der Waals surface area contributed by atoms with Crippen molar-refractivity contribution < 1.29 is 4.79 Å².